The fourth-order valence-corrected chi connectivity index (χ4v) is 3.29. The monoisotopic (exact) mass is 253 g/mol. The molecule has 0 fully saturated rings. The number of hydrogen-bond acceptors (Lipinski definition) is 5. The summed E-state index contributed by atoms with van der Waals surface area (Å²) in [6.45, 7) is 0. The van der Waals surface area contributed by atoms with Crippen LogP contribution in [0.1, 0.15) is 6.42 Å². The third-order valence-electron chi connectivity index (χ3n) is 1.99. The minimum atomic E-state index is -0.145. The Hall–Kier alpha value is -1.11. The lowest BCUT2D eigenvalue weighted by Gasteiger charge is -1.96. The van der Waals surface area contributed by atoms with Crippen LogP contribution in [0.5, 0.6) is 0 Å². The maximum absolute atomic E-state index is 10.9. The Morgan fingerprint density at radius 1 is 1.50 bits per heavy atom. The van der Waals surface area contributed by atoms with Gasteiger partial charge in [0, 0.05) is 12.2 Å². The molecule has 0 unspecified atom stereocenters. The van der Waals surface area contributed by atoms with Gasteiger partial charge < -0.3 is 0 Å². The molecular formula is C10H11N3OS2. The molecule has 0 spiro atoms. The van der Waals surface area contributed by atoms with E-state index in [1.807, 2.05) is 24.3 Å². The van der Waals surface area contributed by atoms with Crippen molar-refractivity contribution in [2.45, 2.75) is 10.8 Å². The number of para-hydroxylation sites is 1. The van der Waals surface area contributed by atoms with E-state index in [0.717, 1.165) is 9.86 Å². The second-order valence-corrected chi connectivity index (χ2v) is 5.49. The minimum absolute atomic E-state index is 0.145. The fourth-order valence-electron chi connectivity index (χ4n) is 1.22. The normalized spacial score (nSPS) is 10.6. The zero-order valence-corrected chi connectivity index (χ0v) is 10.1. The Labute approximate surface area is 101 Å². The maximum atomic E-state index is 10.9. The molecule has 0 aliphatic carbocycles. The summed E-state index contributed by atoms with van der Waals surface area (Å²) < 4.78 is 2.17. The van der Waals surface area contributed by atoms with E-state index < -0.39 is 0 Å². The Morgan fingerprint density at radius 3 is 3.06 bits per heavy atom. The second-order valence-electron chi connectivity index (χ2n) is 3.11. The number of aromatic nitrogens is 1. The van der Waals surface area contributed by atoms with Crippen molar-refractivity contribution in [2.75, 3.05) is 5.75 Å². The first kappa shape index (κ1) is 11.4. The van der Waals surface area contributed by atoms with Gasteiger partial charge in [-0.05, 0) is 12.1 Å². The minimum Gasteiger partial charge on any atom is -0.294 e. The highest BCUT2D eigenvalue weighted by Crippen LogP contribution is 2.29. The molecule has 4 nitrogen and oxygen atoms in total. The molecule has 1 amide bonds. The van der Waals surface area contributed by atoms with Gasteiger partial charge in [0.2, 0.25) is 5.91 Å². The van der Waals surface area contributed by atoms with Crippen LogP contribution in [0.2, 0.25) is 0 Å². The first-order chi connectivity index (χ1) is 7.79. The summed E-state index contributed by atoms with van der Waals surface area (Å²) in [6.07, 6.45) is 0.414. The number of fused-ring (bicyclic) bond motifs is 1. The van der Waals surface area contributed by atoms with Crippen LogP contribution in [-0.4, -0.2) is 16.6 Å². The van der Waals surface area contributed by atoms with E-state index in [4.69, 9.17) is 5.84 Å². The molecule has 16 heavy (non-hydrogen) atoms. The number of nitrogens with zero attached hydrogens (tertiary/aromatic N) is 1. The Kier molecular flexibility index (Phi) is 3.76. The third kappa shape index (κ3) is 2.72. The fraction of sp³-hybridized carbons (Fsp3) is 0.200. The summed E-state index contributed by atoms with van der Waals surface area (Å²) in [5.74, 6) is 5.54. The van der Waals surface area contributed by atoms with E-state index in [1.165, 1.54) is 4.70 Å². The number of hydrogen-bond donors (Lipinski definition) is 2. The van der Waals surface area contributed by atoms with Crippen LogP contribution in [0, 0.1) is 0 Å². The molecule has 0 bridgehead atoms. The molecule has 1 aromatic heterocycles. The number of carbonyl (C=O) groups is 1. The number of thioether (sulfide) groups is 1. The number of amides is 1. The molecule has 2 rings (SSSR count). The smallest absolute Gasteiger partial charge is 0.234 e. The van der Waals surface area contributed by atoms with Gasteiger partial charge in [-0.2, -0.15) is 0 Å². The maximum Gasteiger partial charge on any atom is 0.234 e. The molecular weight excluding hydrogens is 242 g/mol. The van der Waals surface area contributed by atoms with Gasteiger partial charge in [0.05, 0.1) is 10.2 Å². The van der Waals surface area contributed by atoms with E-state index in [1.54, 1.807) is 23.1 Å². The zero-order chi connectivity index (χ0) is 11.4. The largest absolute Gasteiger partial charge is 0.294 e. The molecule has 1 heterocycles. The van der Waals surface area contributed by atoms with E-state index in [2.05, 4.69) is 10.4 Å². The Balaban J connectivity index is 1.97. The number of rotatable bonds is 4. The number of nitrogens with one attached hydrogen (secondary N) is 1. The van der Waals surface area contributed by atoms with Gasteiger partial charge in [-0.3, -0.25) is 10.2 Å². The summed E-state index contributed by atoms with van der Waals surface area (Å²) in [4.78, 5) is 15.4. The van der Waals surface area contributed by atoms with Crippen LogP contribution in [-0.2, 0) is 4.79 Å². The van der Waals surface area contributed by atoms with Crippen LogP contribution in [0.4, 0.5) is 0 Å². The topological polar surface area (TPSA) is 68.0 Å². The van der Waals surface area contributed by atoms with E-state index in [0.29, 0.717) is 12.2 Å². The lowest BCUT2D eigenvalue weighted by molar-refractivity contribution is -0.120. The van der Waals surface area contributed by atoms with E-state index >= 15 is 0 Å². The molecule has 0 saturated carbocycles. The van der Waals surface area contributed by atoms with Crippen molar-refractivity contribution in [2.24, 2.45) is 5.84 Å². The van der Waals surface area contributed by atoms with Crippen molar-refractivity contribution in [3.63, 3.8) is 0 Å². The molecule has 3 N–H and O–H groups in total. The summed E-state index contributed by atoms with van der Waals surface area (Å²) in [7, 11) is 0. The number of thiazole rings is 1. The number of hydrazine groups is 1. The van der Waals surface area contributed by atoms with Crippen molar-refractivity contribution in [3.8, 4) is 0 Å². The summed E-state index contributed by atoms with van der Waals surface area (Å²) in [5, 5.41) is 0. The average Bonchev–Trinajstić information content (AvgIpc) is 2.71. The number of nitrogens with two attached hydrogens (primary N) is 1. The molecule has 0 aliphatic heterocycles. The van der Waals surface area contributed by atoms with Gasteiger partial charge in [0.1, 0.15) is 0 Å². The molecule has 0 saturated heterocycles. The predicted octanol–water partition coefficient (Wildman–Crippen LogP) is 1.77. The zero-order valence-electron chi connectivity index (χ0n) is 8.47. The summed E-state index contributed by atoms with van der Waals surface area (Å²) in [5.41, 5.74) is 3.12. The Bertz CT molecular complexity index is 465. The van der Waals surface area contributed by atoms with Gasteiger partial charge in [-0.25, -0.2) is 10.8 Å². The van der Waals surface area contributed by atoms with Gasteiger partial charge >= 0.3 is 0 Å². The van der Waals surface area contributed by atoms with Crippen molar-refractivity contribution in [1.29, 1.82) is 0 Å². The number of carbonyl (C=O) groups excluding carboxylic acids is 1. The predicted molar refractivity (Wildman–Crippen MR) is 67.3 cm³/mol. The standard InChI is InChI=1S/C10H11N3OS2/c11-13-9(14)5-6-15-10-12-7-3-1-2-4-8(7)16-10/h1-4H,5-6,11H2,(H,13,14). The van der Waals surface area contributed by atoms with E-state index in [9.17, 15) is 4.79 Å². The van der Waals surface area contributed by atoms with Gasteiger partial charge in [-0.15, -0.1) is 11.3 Å². The quantitative estimate of drug-likeness (QED) is 0.377. The molecule has 0 radical (unpaired) electrons. The Morgan fingerprint density at radius 2 is 2.31 bits per heavy atom. The van der Waals surface area contributed by atoms with Gasteiger partial charge in [-0.1, -0.05) is 23.9 Å². The highest BCUT2D eigenvalue weighted by Gasteiger charge is 2.04. The molecule has 84 valence electrons. The highest BCUT2D eigenvalue weighted by atomic mass is 32.2. The number of benzene rings is 1. The molecule has 2 aromatic rings. The van der Waals surface area contributed by atoms with Crippen LogP contribution in [0.3, 0.4) is 0 Å². The highest BCUT2D eigenvalue weighted by molar-refractivity contribution is 8.01. The lowest BCUT2D eigenvalue weighted by Crippen LogP contribution is -2.30. The van der Waals surface area contributed by atoms with Crippen molar-refractivity contribution in [1.82, 2.24) is 10.4 Å². The first-order valence-corrected chi connectivity index (χ1v) is 6.57. The van der Waals surface area contributed by atoms with Crippen LogP contribution in [0.15, 0.2) is 28.6 Å². The van der Waals surface area contributed by atoms with Crippen molar-refractivity contribution in [3.05, 3.63) is 24.3 Å². The first-order valence-electron chi connectivity index (χ1n) is 4.77. The lowest BCUT2D eigenvalue weighted by atomic mass is 10.3. The molecule has 0 atom stereocenters. The molecule has 1 aromatic carbocycles. The van der Waals surface area contributed by atoms with Crippen LogP contribution in [0.25, 0.3) is 10.2 Å². The second kappa shape index (κ2) is 5.29. The summed E-state index contributed by atoms with van der Waals surface area (Å²) in [6, 6.07) is 8.00. The van der Waals surface area contributed by atoms with Gasteiger partial charge in [0.25, 0.3) is 0 Å². The summed E-state index contributed by atoms with van der Waals surface area (Å²) >= 11 is 3.23. The SMILES string of the molecule is NNC(=O)CCSc1nc2ccccc2s1. The average molecular weight is 253 g/mol. The third-order valence-corrected chi connectivity index (χ3v) is 4.17. The molecule has 0 aliphatic rings. The van der Waals surface area contributed by atoms with E-state index in [-0.39, 0.29) is 5.91 Å². The molecule has 6 heteroatoms. The van der Waals surface area contributed by atoms with Crippen molar-refractivity contribution < 1.29 is 4.79 Å². The van der Waals surface area contributed by atoms with Crippen LogP contribution < -0.4 is 11.3 Å². The van der Waals surface area contributed by atoms with Gasteiger partial charge in [0.15, 0.2) is 4.34 Å². The van der Waals surface area contributed by atoms with Crippen LogP contribution >= 0.6 is 23.1 Å². The van der Waals surface area contributed by atoms with Crippen molar-refractivity contribution >= 4 is 39.2 Å².